The molecule has 7 heteroatoms. The minimum atomic E-state index is -0.419. The van der Waals surface area contributed by atoms with Crippen LogP contribution in [0.1, 0.15) is 19.3 Å². The summed E-state index contributed by atoms with van der Waals surface area (Å²) in [4.78, 5) is 18.5. The summed E-state index contributed by atoms with van der Waals surface area (Å²) < 4.78 is 26.9. The second kappa shape index (κ2) is 6.63. The third-order valence-electron chi connectivity index (χ3n) is 5.11. The number of carbonyl (C=O) groups excluding carboxylic acids is 1. The van der Waals surface area contributed by atoms with Gasteiger partial charge in [-0.3, -0.25) is 4.79 Å². The molecule has 0 spiro atoms. The van der Waals surface area contributed by atoms with E-state index in [2.05, 4.69) is 4.98 Å². The van der Waals surface area contributed by atoms with Crippen molar-refractivity contribution in [2.45, 2.75) is 31.8 Å². The molecule has 2 aliphatic rings. The zero-order chi connectivity index (χ0) is 18.3. The summed E-state index contributed by atoms with van der Waals surface area (Å²) in [6.45, 7) is 1.41. The molecule has 6 nitrogen and oxygen atoms in total. The van der Waals surface area contributed by atoms with Crippen LogP contribution in [-0.4, -0.2) is 47.2 Å². The maximum atomic E-state index is 14.6. The summed E-state index contributed by atoms with van der Waals surface area (Å²) >= 11 is 0. The van der Waals surface area contributed by atoms with Gasteiger partial charge in [0.15, 0.2) is 11.5 Å². The minimum Gasteiger partial charge on any atom is -0.493 e. The van der Waals surface area contributed by atoms with E-state index in [0.717, 1.165) is 19.4 Å². The minimum absolute atomic E-state index is 0.222. The standard InChI is InChI=1S/C19H22FN3O3/c1-25-16-8-14(15(20)9-17(16)26-2)19-21-5-6-22(19)10-12-7-18(24)23(11-12)13-3-4-13/h5-6,8-9,12-13H,3-4,7,10-11H2,1-2H3. The smallest absolute Gasteiger partial charge is 0.223 e. The first kappa shape index (κ1) is 16.9. The molecule has 2 aromatic rings. The molecule has 4 rings (SSSR count). The molecule has 1 unspecified atom stereocenters. The van der Waals surface area contributed by atoms with Crippen molar-refractivity contribution in [2.75, 3.05) is 20.8 Å². The van der Waals surface area contributed by atoms with Crippen molar-refractivity contribution in [2.24, 2.45) is 5.92 Å². The van der Waals surface area contributed by atoms with Crippen molar-refractivity contribution in [1.82, 2.24) is 14.5 Å². The zero-order valence-electron chi connectivity index (χ0n) is 14.9. The van der Waals surface area contributed by atoms with E-state index in [0.29, 0.717) is 41.9 Å². The number of carbonyl (C=O) groups is 1. The van der Waals surface area contributed by atoms with Gasteiger partial charge in [-0.2, -0.15) is 0 Å². The SMILES string of the molecule is COc1cc(F)c(-c2nccn2CC2CC(=O)N(C3CC3)C2)cc1OC. The molecule has 0 radical (unpaired) electrons. The van der Waals surface area contributed by atoms with Gasteiger partial charge in [-0.1, -0.05) is 0 Å². The molecule has 1 aliphatic carbocycles. The Bertz CT molecular complexity index is 831. The summed E-state index contributed by atoms with van der Waals surface area (Å²) in [5, 5.41) is 0. The first-order valence-corrected chi connectivity index (χ1v) is 8.83. The van der Waals surface area contributed by atoms with E-state index in [-0.39, 0.29) is 11.8 Å². The summed E-state index contributed by atoms with van der Waals surface area (Å²) in [7, 11) is 2.99. The highest BCUT2D eigenvalue weighted by atomic mass is 19.1. The van der Waals surface area contributed by atoms with Crippen molar-refractivity contribution >= 4 is 5.91 Å². The highest BCUT2D eigenvalue weighted by molar-refractivity contribution is 5.79. The van der Waals surface area contributed by atoms with E-state index in [1.807, 2.05) is 15.7 Å². The Hall–Kier alpha value is -2.57. The van der Waals surface area contributed by atoms with Crippen LogP contribution >= 0.6 is 0 Å². The van der Waals surface area contributed by atoms with Crippen molar-refractivity contribution in [1.29, 1.82) is 0 Å². The van der Waals surface area contributed by atoms with E-state index in [1.54, 1.807) is 12.3 Å². The predicted molar refractivity (Wildman–Crippen MR) is 93.6 cm³/mol. The number of benzene rings is 1. The molecule has 1 amide bonds. The van der Waals surface area contributed by atoms with E-state index in [1.165, 1.54) is 20.3 Å². The van der Waals surface area contributed by atoms with E-state index < -0.39 is 5.82 Å². The van der Waals surface area contributed by atoms with Gasteiger partial charge in [-0.15, -0.1) is 0 Å². The maximum Gasteiger partial charge on any atom is 0.223 e. The number of ether oxygens (including phenoxy) is 2. The van der Waals surface area contributed by atoms with Crippen molar-refractivity contribution < 1.29 is 18.7 Å². The number of nitrogens with zero attached hydrogens (tertiary/aromatic N) is 3. The number of imidazole rings is 1. The number of amides is 1. The topological polar surface area (TPSA) is 56.6 Å². The van der Waals surface area contributed by atoms with Gasteiger partial charge >= 0.3 is 0 Å². The van der Waals surface area contributed by atoms with Crippen molar-refractivity contribution in [3.05, 3.63) is 30.3 Å². The van der Waals surface area contributed by atoms with E-state index in [4.69, 9.17) is 9.47 Å². The quantitative estimate of drug-likeness (QED) is 0.796. The Morgan fingerprint density at radius 1 is 1.23 bits per heavy atom. The monoisotopic (exact) mass is 359 g/mol. The number of hydrogen-bond acceptors (Lipinski definition) is 4. The molecule has 26 heavy (non-hydrogen) atoms. The predicted octanol–water partition coefficient (Wildman–Crippen LogP) is 2.72. The summed E-state index contributed by atoms with van der Waals surface area (Å²) in [6, 6.07) is 3.35. The number of halogens is 1. The number of aromatic nitrogens is 2. The van der Waals surface area contributed by atoms with Crippen LogP contribution in [0.3, 0.4) is 0 Å². The van der Waals surface area contributed by atoms with Gasteiger partial charge in [0, 0.05) is 49.9 Å². The molecular formula is C19H22FN3O3. The normalized spacial score (nSPS) is 19.9. The Morgan fingerprint density at radius 3 is 2.65 bits per heavy atom. The van der Waals surface area contributed by atoms with E-state index in [9.17, 15) is 9.18 Å². The average Bonchev–Trinajstić information content (AvgIpc) is 3.27. The molecule has 0 bridgehead atoms. The van der Waals surface area contributed by atoms with Crippen LogP contribution < -0.4 is 9.47 Å². The number of hydrogen-bond donors (Lipinski definition) is 0. The molecule has 1 atom stereocenters. The van der Waals surface area contributed by atoms with Crippen LogP contribution in [0.15, 0.2) is 24.5 Å². The molecule has 1 saturated heterocycles. The molecule has 1 aromatic carbocycles. The van der Waals surface area contributed by atoms with Gasteiger partial charge in [0.1, 0.15) is 11.6 Å². The third-order valence-corrected chi connectivity index (χ3v) is 5.11. The molecule has 0 N–H and O–H groups in total. The maximum absolute atomic E-state index is 14.6. The van der Waals surface area contributed by atoms with Crippen LogP contribution in [-0.2, 0) is 11.3 Å². The molecule has 2 fully saturated rings. The van der Waals surface area contributed by atoms with Crippen LogP contribution in [0.25, 0.3) is 11.4 Å². The largest absolute Gasteiger partial charge is 0.493 e. The van der Waals surface area contributed by atoms with Crippen LogP contribution in [0.2, 0.25) is 0 Å². The molecule has 2 heterocycles. The lowest BCUT2D eigenvalue weighted by atomic mass is 10.1. The van der Waals surface area contributed by atoms with Gasteiger partial charge in [-0.25, -0.2) is 9.37 Å². The van der Waals surface area contributed by atoms with E-state index >= 15 is 0 Å². The summed E-state index contributed by atoms with van der Waals surface area (Å²) in [5.41, 5.74) is 0.357. The fourth-order valence-electron chi connectivity index (χ4n) is 3.67. The van der Waals surface area contributed by atoms with Crippen LogP contribution in [0.4, 0.5) is 4.39 Å². The third kappa shape index (κ3) is 3.02. The zero-order valence-corrected chi connectivity index (χ0v) is 14.9. The molecular weight excluding hydrogens is 337 g/mol. The first-order valence-electron chi connectivity index (χ1n) is 8.83. The Balaban J connectivity index is 1.58. The highest BCUT2D eigenvalue weighted by Crippen LogP contribution is 2.36. The van der Waals surface area contributed by atoms with Gasteiger partial charge < -0.3 is 18.9 Å². The lowest BCUT2D eigenvalue weighted by Gasteiger charge is -2.17. The van der Waals surface area contributed by atoms with Gasteiger partial charge in [-0.05, 0) is 18.9 Å². The average molecular weight is 359 g/mol. The van der Waals surface area contributed by atoms with Gasteiger partial charge in [0.2, 0.25) is 5.91 Å². The molecule has 1 saturated carbocycles. The van der Waals surface area contributed by atoms with Crippen LogP contribution in [0, 0.1) is 11.7 Å². The Morgan fingerprint density at radius 2 is 1.96 bits per heavy atom. The van der Waals surface area contributed by atoms with Crippen molar-refractivity contribution in [3.63, 3.8) is 0 Å². The van der Waals surface area contributed by atoms with Gasteiger partial charge in [0.05, 0.1) is 19.8 Å². The number of methoxy groups -OCH3 is 2. The Labute approximate surface area is 151 Å². The Kier molecular flexibility index (Phi) is 4.30. The molecule has 1 aliphatic heterocycles. The van der Waals surface area contributed by atoms with Crippen molar-refractivity contribution in [3.8, 4) is 22.9 Å². The second-order valence-corrected chi connectivity index (χ2v) is 6.94. The lowest BCUT2D eigenvalue weighted by Crippen LogP contribution is -2.27. The summed E-state index contributed by atoms with van der Waals surface area (Å²) in [5.74, 6) is 1.36. The first-order chi connectivity index (χ1) is 12.6. The second-order valence-electron chi connectivity index (χ2n) is 6.94. The number of likely N-dealkylation sites (tertiary alicyclic amines) is 1. The molecule has 1 aromatic heterocycles. The number of rotatable bonds is 6. The highest BCUT2D eigenvalue weighted by Gasteiger charge is 2.39. The van der Waals surface area contributed by atoms with Crippen LogP contribution in [0.5, 0.6) is 11.5 Å². The molecule has 138 valence electrons. The fraction of sp³-hybridized carbons (Fsp3) is 0.474. The van der Waals surface area contributed by atoms with Gasteiger partial charge in [0.25, 0.3) is 0 Å². The fourth-order valence-corrected chi connectivity index (χ4v) is 3.67. The lowest BCUT2D eigenvalue weighted by molar-refractivity contribution is -0.128. The summed E-state index contributed by atoms with van der Waals surface area (Å²) in [6.07, 6.45) is 6.26.